The van der Waals surface area contributed by atoms with Gasteiger partial charge >= 0.3 is 0 Å². The molecule has 0 spiro atoms. The maximum atomic E-state index is 12.8. The minimum absolute atomic E-state index is 0.280. The van der Waals surface area contributed by atoms with Gasteiger partial charge in [-0.15, -0.1) is 0 Å². The van der Waals surface area contributed by atoms with E-state index in [2.05, 4.69) is 5.32 Å². The number of ether oxygens (including phenoxy) is 1. The summed E-state index contributed by atoms with van der Waals surface area (Å²) in [5.41, 5.74) is 1.40. The standard InChI is InChI=1S/C23H18N2O4S/c1-29-19-12-11-15(17-9-5-6-10-18(17)19)13-20-22(27)25(23(28)30-20)14-21(26)24-16-7-3-2-4-8-16/h2-13H,14H2,1H3,(H,24,26)/b20-13+. The van der Waals surface area contributed by atoms with Gasteiger partial charge in [-0.2, -0.15) is 0 Å². The number of benzene rings is 3. The molecule has 0 unspecified atom stereocenters. The first-order chi connectivity index (χ1) is 14.6. The van der Waals surface area contributed by atoms with Crippen molar-refractivity contribution in [3.05, 3.63) is 77.2 Å². The molecular weight excluding hydrogens is 400 g/mol. The smallest absolute Gasteiger partial charge is 0.294 e. The van der Waals surface area contributed by atoms with E-state index in [0.29, 0.717) is 5.69 Å². The molecule has 0 bridgehead atoms. The number of amides is 3. The summed E-state index contributed by atoms with van der Waals surface area (Å²) >= 11 is 0.831. The van der Waals surface area contributed by atoms with E-state index >= 15 is 0 Å². The fourth-order valence-electron chi connectivity index (χ4n) is 3.24. The van der Waals surface area contributed by atoms with Crippen molar-refractivity contribution in [2.24, 2.45) is 0 Å². The van der Waals surface area contributed by atoms with E-state index < -0.39 is 17.1 Å². The summed E-state index contributed by atoms with van der Waals surface area (Å²) in [4.78, 5) is 38.7. The normalized spacial score (nSPS) is 15.1. The van der Waals surface area contributed by atoms with Crippen molar-refractivity contribution in [2.75, 3.05) is 19.0 Å². The lowest BCUT2D eigenvalue weighted by Gasteiger charge is -2.12. The van der Waals surface area contributed by atoms with Gasteiger partial charge in [-0.25, -0.2) is 0 Å². The van der Waals surface area contributed by atoms with E-state index in [9.17, 15) is 14.4 Å². The zero-order valence-corrected chi connectivity index (χ0v) is 16.9. The summed E-state index contributed by atoms with van der Waals surface area (Å²) in [6, 6.07) is 20.2. The summed E-state index contributed by atoms with van der Waals surface area (Å²) in [6.07, 6.45) is 1.68. The van der Waals surface area contributed by atoms with Gasteiger partial charge in [0.15, 0.2) is 0 Å². The molecule has 3 aromatic carbocycles. The second kappa shape index (κ2) is 8.42. The Hall–Kier alpha value is -3.58. The van der Waals surface area contributed by atoms with Gasteiger partial charge in [-0.1, -0.05) is 48.5 Å². The first kappa shape index (κ1) is 19.7. The van der Waals surface area contributed by atoms with Gasteiger partial charge in [-0.05, 0) is 47.0 Å². The number of nitrogens with zero attached hydrogens (tertiary/aromatic N) is 1. The van der Waals surface area contributed by atoms with Crippen LogP contribution in [-0.2, 0) is 9.59 Å². The molecule has 0 radical (unpaired) electrons. The van der Waals surface area contributed by atoms with Crippen molar-refractivity contribution in [1.29, 1.82) is 0 Å². The lowest BCUT2D eigenvalue weighted by atomic mass is 10.0. The van der Waals surface area contributed by atoms with Crippen molar-refractivity contribution < 1.29 is 19.1 Å². The van der Waals surface area contributed by atoms with Crippen LogP contribution < -0.4 is 10.1 Å². The summed E-state index contributed by atoms with van der Waals surface area (Å²) in [5, 5.41) is 4.04. The van der Waals surface area contributed by atoms with E-state index in [1.165, 1.54) is 0 Å². The SMILES string of the molecule is COc1ccc(/C=C2/SC(=O)N(CC(=O)Nc3ccccc3)C2=O)c2ccccc12. The monoisotopic (exact) mass is 418 g/mol. The predicted molar refractivity (Wildman–Crippen MR) is 118 cm³/mol. The topological polar surface area (TPSA) is 75.7 Å². The number of hydrogen-bond acceptors (Lipinski definition) is 5. The zero-order valence-electron chi connectivity index (χ0n) is 16.1. The maximum absolute atomic E-state index is 12.8. The molecule has 1 aliphatic heterocycles. The number of nitrogens with one attached hydrogen (secondary N) is 1. The largest absolute Gasteiger partial charge is 0.496 e. The molecule has 7 heteroatoms. The number of hydrogen-bond donors (Lipinski definition) is 1. The summed E-state index contributed by atoms with van der Waals surface area (Å²) in [6.45, 7) is -0.333. The molecule has 6 nitrogen and oxygen atoms in total. The van der Waals surface area contributed by atoms with Crippen LogP contribution in [0.25, 0.3) is 16.8 Å². The molecule has 3 amide bonds. The number of methoxy groups -OCH3 is 1. The fourth-order valence-corrected chi connectivity index (χ4v) is 4.07. The highest BCUT2D eigenvalue weighted by Crippen LogP contribution is 2.35. The minimum Gasteiger partial charge on any atom is -0.496 e. The van der Waals surface area contributed by atoms with Crippen LogP contribution in [0.1, 0.15) is 5.56 Å². The van der Waals surface area contributed by atoms with Crippen LogP contribution in [0.4, 0.5) is 10.5 Å². The Morgan fingerprint density at radius 3 is 2.43 bits per heavy atom. The molecule has 150 valence electrons. The lowest BCUT2D eigenvalue weighted by molar-refractivity contribution is -0.127. The highest BCUT2D eigenvalue weighted by Gasteiger charge is 2.36. The van der Waals surface area contributed by atoms with Crippen molar-refractivity contribution in [3.8, 4) is 5.75 Å². The van der Waals surface area contributed by atoms with Gasteiger partial charge in [0.1, 0.15) is 12.3 Å². The molecule has 1 heterocycles. The van der Waals surface area contributed by atoms with Crippen LogP contribution in [0, 0.1) is 0 Å². The molecular formula is C23H18N2O4S. The van der Waals surface area contributed by atoms with Crippen LogP contribution >= 0.6 is 11.8 Å². The first-order valence-corrected chi connectivity index (χ1v) is 10.0. The van der Waals surface area contributed by atoms with Crippen LogP contribution in [0.2, 0.25) is 0 Å². The third kappa shape index (κ3) is 3.92. The predicted octanol–water partition coefficient (Wildman–Crippen LogP) is 4.52. The van der Waals surface area contributed by atoms with Gasteiger partial charge < -0.3 is 10.1 Å². The number of fused-ring (bicyclic) bond motifs is 1. The number of imide groups is 1. The van der Waals surface area contributed by atoms with E-state index in [4.69, 9.17) is 4.74 Å². The second-order valence-corrected chi connectivity index (χ2v) is 7.58. The number of para-hydroxylation sites is 1. The van der Waals surface area contributed by atoms with E-state index in [-0.39, 0.29) is 11.4 Å². The third-order valence-corrected chi connectivity index (χ3v) is 5.56. The number of anilines is 1. The lowest BCUT2D eigenvalue weighted by Crippen LogP contribution is -2.36. The van der Waals surface area contributed by atoms with Gasteiger partial charge in [0.25, 0.3) is 11.1 Å². The molecule has 1 saturated heterocycles. The highest BCUT2D eigenvalue weighted by atomic mass is 32.2. The van der Waals surface area contributed by atoms with Crippen LogP contribution in [-0.4, -0.2) is 35.6 Å². The third-order valence-electron chi connectivity index (χ3n) is 4.66. The number of carbonyl (C=O) groups is 3. The van der Waals surface area contributed by atoms with E-state index in [0.717, 1.165) is 38.7 Å². The summed E-state index contributed by atoms with van der Waals surface area (Å²) < 4.78 is 5.40. The Labute approximate surface area is 177 Å². The van der Waals surface area contributed by atoms with Crippen molar-refractivity contribution in [3.63, 3.8) is 0 Å². The van der Waals surface area contributed by atoms with Crippen LogP contribution in [0.5, 0.6) is 5.75 Å². The van der Waals surface area contributed by atoms with Crippen molar-refractivity contribution >= 4 is 51.4 Å². The van der Waals surface area contributed by atoms with Gasteiger partial charge in [0.2, 0.25) is 5.91 Å². The molecule has 4 rings (SSSR count). The molecule has 0 atom stereocenters. The first-order valence-electron chi connectivity index (χ1n) is 9.23. The quantitative estimate of drug-likeness (QED) is 0.617. The van der Waals surface area contributed by atoms with Crippen molar-refractivity contribution in [2.45, 2.75) is 0 Å². The Kier molecular flexibility index (Phi) is 5.54. The molecule has 1 aliphatic rings. The Morgan fingerprint density at radius 2 is 1.70 bits per heavy atom. The molecule has 0 saturated carbocycles. The number of carbonyl (C=O) groups excluding carboxylic acids is 3. The second-order valence-electron chi connectivity index (χ2n) is 6.58. The maximum Gasteiger partial charge on any atom is 0.294 e. The summed E-state index contributed by atoms with van der Waals surface area (Å²) in [7, 11) is 1.60. The van der Waals surface area contributed by atoms with Gasteiger partial charge in [0, 0.05) is 11.1 Å². The van der Waals surface area contributed by atoms with E-state index in [1.54, 1.807) is 37.5 Å². The minimum atomic E-state index is -0.479. The Balaban J connectivity index is 1.56. The van der Waals surface area contributed by atoms with E-state index in [1.807, 2.05) is 42.5 Å². The zero-order chi connectivity index (χ0) is 21.1. The molecule has 0 aromatic heterocycles. The van der Waals surface area contributed by atoms with Gasteiger partial charge in [-0.3, -0.25) is 19.3 Å². The molecule has 1 fully saturated rings. The van der Waals surface area contributed by atoms with Crippen LogP contribution in [0.15, 0.2) is 71.6 Å². The van der Waals surface area contributed by atoms with Gasteiger partial charge in [0.05, 0.1) is 12.0 Å². The van der Waals surface area contributed by atoms with Crippen molar-refractivity contribution in [1.82, 2.24) is 4.90 Å². The molecule has 3 aromatic rings. The molecule has 1 N–H and O–H groups in total. The number of thioether (sulfide) groups is 1. The Bertz CT molecular complexity index is 1170. The Morgan fingerprint density at radius 1 is 1.00 bits per heavy atom. The number of rotatable bonds is 5. The summed E-state index contributed by atoms with van der Waals surface area (Å²) in [5.74, 6) is -0.179. The van der Waals surface area contributed by atoms with Crippen LogP contribution in [0.3, 0.4) is 0 Å². The fraction of sp³-hybridized carbons (Fsp3) is 0.0870. The highest BCUT2D eigenvalue weighted by molar-refractivity contribution is 8.18. The average molecular weight is 418 g/mol. The molecule has 30 heavy (non-hydrogen) atoms. The average Bonchev–Trinajstić information content (AvgIpc) is 3.02. The molecule has 0 aliphatic carbocycles.